The number of likely N-dealkylation sites (tertiary alicyclic amines) is 1. The molecule has 1 aliphatic carbocycles. The first-order valence-electron chi connectivity index (χ1n) is 7.55. The molecule has 2 unspecified atom stereocenters. The van der Waals surface area contributed by atoms with Gasteiger partial charge in [-0.1, -0.05) is 6.92 Å². The van der Waals surface area contributed by atoms with Gasteiger partial charge in [0.05, 0.1) is 5.25 Å². The van der Waals surface area contributed by atoms with E-state index >= 15 is 0 Å². The number of hydrogen-bond donors (Lipinski definition) is 1. The summed E-state index contributed by atoms with van der Waals surface area (Å²) in [6.45, 7) is 5.82. The maximum absolute atomic E-state index is 11.9. The lowest BCUT2D eigenvalue weighted by molar-refractivity contribution is 0.331. The smallest absolute Gasteiger partial charge is 0.120 e. The van der Waals surface area contributed by atoms with Crippen LogP contribution in [0.4, 0.5) is 5.69 Å². The molecular formula is C15H23N3OS. The van der Waals surface area contributed by atoms with Gasteiger partial charge in [0.15, 0.2) is 0 Å². The lowest BCUT2D eigenvalue weighted by atomic mass is 10.2. The Hall–Kier alpha value is -0.940. The topological polar surface area (TPSA) is 45.2 Å². The van der Waals surface area contributed by atoms with Gasteiger partial charge in [-0.05, 0) is 43.9 Å². The van der Waals surface area contributed by atoms with Gasteiger partial charge in [-0.15, -0.1) is 0 Å². The van der Waals surface area contributed by atoms with Crippen LogP contribution in [0.2, 0.25) is 0 Å². The van der Waals surface area contributed by atoms with Gasteiger partial charge in [0.2, 0.25) is 0 Å². The molecule has 1 aliphatic heterocycles. The van der Waals surface area contributed by atoms with Crippen molar-refractivity contribution in [1.82, 2.24) is 9.88 Å². The lowest BCUT2D eigenvalue weighted by Crippen LogP contribution is -2.23. The van der Waals surface area contributed by atoms with Crippen LogP contribution >= 0.6 is 0 Å². The summed E-state index contributed by atoms with van der Waals surface area (Å²) in [6, 6.07) is 3.95. The fraction of sp³-hybridized carbons (Fsp3) is 0.667. The molecule has 110 valence electrons. The summed E-state index contributed by atoms with van der Waals surface area (Å²) in [5.74, 6) is 0.830. The Morgan fingerprint density at radius 2 is 2.30 bits per heavy atom. The third-order valence-corrected chi connectivity index (χ3v) is 5.57. The quantitative estimate of drug-likeness (QED) is 0.874. The first-order chi connectivity index (χ1) is 9.70. The molecule has 2 fully saturated rings. The highest BCUT2D eigenvalue weighted by Gasteiger charge is 2.28. The Bertz CT molecular complexity index is 490. The van der Waals surface area contributed by atoms with Crippen LogP contribution in [0.1, 0.15) is 31.9 Å². The molecule has 0 bridgehead atoms. The molecule has 20 heavy (non-hydrogen) atoms. The summed E-state index contributed by atoms with van der Waals surface area (Å²) in [5.41, 5.74) is 2.03. The average Bonchev–Trinajstić information content (AvgIpc) is 3.20. The summed E-state index contributed by atoms with van der Waals surface area (Å²) >= 11 is 0. The number of rotatable bonds is 6. The minimum Gasteiger partial charge on any atom is -0.305 e. The van der Waals surface area contributed by atoms with Gasteiger partial charge in [0.1, 0.15) is 11.0 Å². The average molecular weight is 293 g/mol. The van der Waals surface area contributed by atoms with Crippen LogP contribution in [0.25, 0.3) is 0 Å². The third kappa shape index (κ3) is 3.79. The first-order valence-corrected chi connectivity index (χ1v) is 8.76. The van der Waals surface area contributed by atoms with E-state index in [1.54, 1.807) is 0 Å². The van der Waals surface area contributed by atoms with E-state index in [2.05, 4.69) is 21.5 Å². The number of hydrogen-bond acceptors (Lipinski definition) is 3. The van der Waals surface area contributed by atoms with Crippen molar-refractivity contribution in [2.24, 2.45) is 5.92 Å². The van der Waals surface area contributed by atoms with E-state index in [9.17, 15) is 4.21 Å². The van der Waals surface area contributed by atoms with Gasteiger partial charge in [-0.2, -0.15) is 0 Å². The van der Waals surface area contributed by atoms with Gasteiger partial charge < -0.3 is 9.62 Å². The Morgan fingerprint density at radius 3 is 3.00 bits per heavy atom. The van der Waals surface area contributed by atoms with E-state index in [1.807, 2.05) is 18.3 Å². The molecule has 4 nitrogen and oxygen atoms in total. The Morgan fingerprint density at radius 1 is 1.45 bits per heavy atom. The fourth-order valence-corrected chi connectivity index (χ4v) is 3.75. The zero-order valence-electron chi connectivity index (χ0n) is 12.0. The van der Waals surface area contributed by atoms with E-state index < -0.39 is 11.0 Å². The molecule has 3 rings (SSSR count). The summed E-state index contributed by atoms with van der Waals surface area (Å²) in [7, 11) is -0.919. The Labute approximate surface area is 123 Å². The van der Waals surface area contributed by atoms with E-state index in [1.165, 1.54) is 19.5 Å². The van der Waals surface area contributed by atoms with E-state index in [-0.39, 0.29) is 0 Å². The maximum Gasteiger partial charge on any atom is 0.120 e. The summed E-state index contributed by atoms with van der Waals surface area (Å²) in [4.78, 5) is 6.93. The van der Waals surface area contributed by atoms with Crippen molar-refractivity contribution < 1.29 is 4.21 Å². The van der Waals surface area contributed by atoms with Gasteiger partial charge >= 0.3 is 0 Å². The summed E-state index contributed by atoms with van der Waals surface area (Å²) < 4.78 is 15.0. The molecule has 5 heteroatoms. The van der Waals surface area contributed by atoms with Crippen molar-refractivity contribution in [3.05, 3.63) is 24.0 Å². The van der Waals surface area contributed by atoms with Gasteiger partial charge in [-0.3, -0.25) is 4.98 Å². The van der Waals surface area contributed by atoms with Crippen molar-refractivity contribution >= 4 is 16.7 Å². The molecule has 1 N–H and O–H groups in total. The number of nitrogens with one attached hydrogen (secondary N) is 1. The Balaban J connectivity index is 1.52. The number of aromatic nitrogens is 1. The van der Waals surface area contributed by atoms with Gasteiger partial charge in [-0.25, -0.2) is 4.21 Å². The molecule has 0 aromatic carbocycles. The lowest BCUT2D eigenvalue weighted by Gasteiger charge is -2.15. The predicted molar refractivity (Wildman–Crippen MR) is 82.9 cm³/mol. The maximum atomic E-state index is 11.9. The molecule has 0 radical (unpaired) electrons. The molecule has 2 heterocycles. The zero-order valence-corrected chi connectivity index (χ0v) is 12.9. The highest BCUT2D eigenvalue weighted by molar-refractivity contribution is 7.87. The first kappa shape index (κ1) is 14.0. The summed E-state index contributed by atoms with van der Waals surface area (Å²) in [6.07, 6.45) is 6.28. The zero-order chi connectivity index (χ0) is 13.9. The minimum atomic E-state index is -0.919. The SMILES string of the molecule is CC1CCN(CCc2cc(NS(=O)C3CC3)ccn2)C1. The van der Waals surface area contributed by atoms with Crippen LogP contribution in [0.5, 0.6) is 0 Å². The largest absolute Gasteiger partial charge is 0.305 e. The molecule has 1 saturated carbocycles. The van der Waals surface area contributed by atoms with Gasteiger partial charge in [0, 0.05) is 37.1 Å². The van der Waals surface area contributed by atoms with Crippen molar-refractivity contribution in [3.8, 4) is 0 Å². The highest BCUT2D eigenvalue weighted by atomic mass is 32.2. The number of nitrogens with zero attached hydrogens (tertiary/aromatic N) is 2. The standard InChI is InChI=1S/C15H23N3OS/c1-12-5-8-18(11-12)9-6-13-10-14(4-7-16-13)17-20(19)15-2-3-15/h4,7,10,12,15H,2-3,5-6,8-9,11H2,1H3,(H,16,17). The second kappa shape index (κ2) is 6.22. The van der Waals surface area contributed by atoms with E-state index in [4.69, 9.17) is 0 Å². The molecule has 1 aromatic heterocycles. The highest BCUT2D eigenvalue weighted by Crippen LogP contribution is 2.27. The van der Waals surface area contributed by atoms with Crippen LogP contribution in [-0.2, 0) is 17.4 Å². The van der Waals surface area contributed by atoms with Crippen molar-refractivity contribution in [2.75, 3.05) is 24.4 Å². The van der Waals surface area contributed by atoms with Crippen LogP contribution < -0.4 is 4.72 Å². The minimum absolute atomic E-state index is 0.359. The normalized spacial score (nSPS) is 24.8. The fourth-order valence-electron chi connectivity index (χ4n) is 2.66. The number of pyridine rings is 1. The molecule has 0 amide bonds. The molecule has 2 atom stereocenters. The van der Waals surface area contributed by atoms with Crippen molar-refractivity contribution in [2.45, 2.75) is 37.9 Å². The second-order valence-corrected chi connectivity index (χ2v) is 7.54. The van der Waals surface area contributed by atoms with E-state index in [0.717, 1.165) is 43.1 Å². The van der Waals surface area contributed by atoms with Crippen molar-refractivity contribution in [3.63, 3.8) is 0 Å². The summed E-state index contributed by atoms with van der Waals surface area (Å²) in [5, 5.41) is 0.359. The molecule has 2 aliphatic rings. The second-order valence-electron chi connectivity index (χ2n) is 6.08. The van der Waals surface area contributed by atoms with Gasteiger partial charge in [0.25, 0.3) is 0 Å². The molecule has 0 spiro atoms. The third-order valence-electron chi connectivity index (χ3n) is 4.05. The Kier molecular flexibility index (Phi) is 4.36. The monoisotopic (exact) mass is 293 g/mol. The molecule has 1 aromatic rings. The molecule has 1 saturated heterocycles. The van der Waals surface area contributed by atoms with E-state index in [0.29, 0.717) is 5.25 Å². The van der Waals surface area contributed by atoms with Crippen LogP contribution in [0, 0.1) is 5.92 Å². The van der Waals surface area contributed by atoms with Crippen LogP contribution in [0.3, 0.4) is 0 Å². The molecular weight excluding hydrogens is 270 g/mol. The van der Waals surface area contributed by atoms with Crippen LogP contribution in [-0.4, -0.2) is 39.0 Å². The van der Waals surface area contributed by atoms with Crippen LogP contribution in [0.15, 0.2) is 18.3 Å². The van der Waals surface area contributed by atoms with Crippen molar-refractivity contribution in [1.29, 1.82) is 0 Å². The predicted octanol–water partition coefficient (Wildman–Crippen LogP) is 2.20. The number of anilines is 1.